The molecule has 0 spiro atoms. The third-order valence-electron chi connectivity index (χ3n) is 5.56. The van der Waals surface area contributed by atoms with Gasteiger partial charge in [-0.1, -0.05) is 6.07 Å². The zero-order chi connectivity index (χ0) is 24.3. The molecular weight excluding hydrogens is 448 g/mol. The third-order valence-corrected chi connectivity index (χ3v) is 5.56. The number of methoxy groups -OCH3 is 2. The molecule has 2 aliphatic rings. The third kappa shape index (κ3) is 5.33. The van der Waals surface area contributed by atoms with E-state index in [-0.39, 0.29) is 17.2 Å². The van der Waals surface area contributed by atoms with Crippen LogP contribution < -0.4 is 14.2 Å². The van der Waals surface area contributed by atoms with Gasteiger partial charge in [0.05, 0.1) is 27.4 Å². The maximum Gasteiger partial charge on any atom is 0.229 e. The maximum atomic E-state index is 10.4. The Morgan fingerprint density at radius 3 is 1.79 bits per heavy atom. The molecule has 188 valence electrons. The second kappa shape index (κ2) is 11.1. The summed E-state index contributed by atoms with van der Waals surface area (Å²) in [7, 11) is 2.80. The molecule has 0 unspecified atom stereocenters. The summed E-state index contributed by atoms with van der Waals surface area (Å²) in [6.45, 7) is -1.12. The highest BCUT2D eigenvalue weighted by molar-refractivity contribution is 5.51. The van der Waals surface area contributed by atoms with Crippen LogP contribution in [-0.2, 0) is 14.2 Å². The number of hydrogen-bond acceptors (Lipinski definition) is 13. The van der Waals surface area contributed by atoms with Crippen molar-refractivity contribution in [2.24, 2.45) is 0 Å². The van der Waals surface area contributed by atoms with Gasteiger partial charge < -0.3 is 64.2 Å². The van der Waals surface area contributed by atoms with Crippen molar-refractivity contribution < 1.29 is 64.2 Å². The van der Waals surface area contributed by atoms with Crippen LogP contribution in [0.3, 0.4) is 0 Å². The molecule has 1 aromatic carbocycles. The Labute approximate surface area is 189 Å². The normalized spacial score (nSPS) is 39.2. The zero-order valence-electron chi connectivity index (χ0n) is 18.0. The molecule has 2 aliphatic heterocycles. The van der Waals surface area contributed by atoms with Crippen LogP contribution in [0.1, 0.15) is 0 Å². The van der Waals surface area contributed by atoms with Gasteiger partial charge in [-0.3, -0.25) is 0 Å². The van der Waals surface area contributed by atoms with E-state index in [0.29, 0.717) is 0 Å². The van der Waals surface area contributed by atoms with Crippen LogP contribution in [0.25, 0.3) is 0 Å². The molecule has 2 heterocycles. The smallest absolute Gasteiger partial charge is 0.229 e. The molecule has 0 bridgehead atoms. The van der Waals surface area contributed by atoms with E-state index in [0.717, 1.165) is 0 Å². The van der Waals surface area contributed by atoms with Crippen LogP contribution in [0, 0.1) is 0 Å². The number of benzene rings is 1. The Morgan fingerprint density at radius 2 is 1.24 bits per heavy atom. The lowest BCUT2D eigenvalue weighted by Gasteiger charge is -2.42. The van der Waals surface area contributed by atoms with Crippen molar-refractivity contribution in [1.82, 2.24) is 0 Å². The Morgan fingerprint density at radius 1 is 0.727 bits per heavy atom. The molecule has 2 saturated heterocycles. The Bertz CT molecular complexity index is 739. The second-order valence-electron chi connectivity index (χ2n) is 7.65. The molecule has 10 atom stereocenters. The van der Waals surface area contributed by atoms with Crippen molar-refractivity contribution in [1.29, 1.82) is 0 Å². The maximum absolute atomic E-state index is 10.4. The first-order valence-electron chi connectivity index (χ1n) is 10.2. The highest BCUT2D eigenvalue weighted by Crippen LogP contribution is 2.39. The van der Waals surface area contributed by atoms with Crippen LogP contribution in [0.15, 0.2) is 18.2 Å². The molecule has 0 saturated carbocycles. The van der Waals surface area contributed by atoms with Crippen LogP contribution in [0.2, 0.25) is 0 Å². The van der Waals surface area contributed by atoms with Crippen molar-refractivity contribution in [2.45, 2.75) is 61.4 Å². The number of hydrogen-bond donors (Lipinski definition) is 7. The fourth-order valence-electron chi connectivity index (χ4n) is 3.60. The number of aliphatic hydroxyl groups excluding tert-OH is 7. The minimum atomic E-state index is -1.69. The lowest BCUT2D eigenvalue weighted by atomic mass is 9.98. The quantitative estimate of drug-likeness (QED) is 0.196. The summed E-state index contributed by atoms with van der Waals surface area (Å²) in [4.78, 5) is 0. The molecular formula is C20H30O13. The van der Waals surface area contributed by atoms with Gasteiger partial charge in [0.2, 0.25) is 12.0 Å². The SMILES string of the molecule is COc1cccc(OC)c1O[C@@H]1O[C@H](CO[C@@H]2O[C@H](CO)[C@@H](O)[C@H](O)[C@H]2O)[C@@H](O)[C@H](O)[C@H]1O. The van der Waals surface area contributed by atoms with E-state index < -0.39 is 74.6 Å². The second-order valence-corrected chi connectivity index (χ2v) is 7.65. The van der Waals surface area contributed by atoms with Gasteiger partial charge >= 0.3 is 0 Å². The van der Waals surface area contributed by atoms with Crippen molar-refractivity contribution in [3.63, 3.8) is 0 Å². The van der Waals surface area contributed by atoms with Gasteiger partial charge in [-0.05, 0) is 12.1 Å². The first-order valence-corrected chi connectivity index (χ1v) is 10.2. The zero-order valence-corrected chi connectivity index (χ0v) is 18.0. The lowest BCUT2D eigenvalue weighted by molar-refractivity contribution is -0.323. The molecule has 2 fully saturated rings. The fourth-order valence-corrected chi connectivity index (χ4v) is 3.60. The first-order chi connectivity index (χ1) is 15.7. The van der Waals surface area contributed by atoms with Gasteiger partial charge in [-0.15, -0.1) is 0 Å². The lowest BCUT2D eigenvalue weighted by Crippen LogP contribution is -2.62. The van der Waals surface area contributed by atoms with Gasteiger partial charge in [0.15, 0.2) is 17.8 Å². The summed E-state index contributed by atoms with van der Waals surface area (Å²) in [5.74, 6) is 0.614. The topological polar surface area (TPSA) is 197 Å². The number of ether oxygens (including phenoxy) is 6. The molecule has 0 aliphatic carbocycles. The van der Waals surface area contributed by atoms with E-state index in [1.165, 1.54) is 14.2 Å². The van der Waals surface area contributed by atoms with Gasteiger partial charge in [0, 0.05) is 0 Å². The molecule has 3 rings (SSSR count). The highest BCUT2D eigenvalue weighted by atomic mass is 16.7. The van der Waals surface area contributed by atoms with Crippen molar-refractivity contribution in [2.75, 3.05) is 27.4 Å². The molecule has 1 aromatic rings. The number of para-hydroxylation sites is 1. The van der Waals surface area contributed by atoms with Crippen LogP contribution in [0.5, 0.6) is 17.2 Å². The summed E-state index contributed by atoms with van der Waals surface area (Å²) >= 11 is 0. The van der Waals surface area contributed by atoms with Crippen LogP contribution in [-0.4, -0.2) is 125 Å². The van der Waals surface area contributed by atoms with E-state index in [1.807, 2.05) is 0 Å². The van der Waals surface area contributed by atoms with Gasteiger partial charge in [0.1, 0.15) is 48.8 Å². The van der Waals surface area contributed by atoms with E-state index >= 15 is 0 Å². The number of rotatable bonds is 8. The van der Waals surface area contributed by atoms with Gasteiger partial charge in [-0.2, -0.15) is 0 Å². The van der Waals surface area contributed by atoms with Crippen molar-refractivity contribution in [3.05, 3.63) is 18.2 Å². The summed E-state index contributed by atoms with van der Waals surface area (Å²) in [6.07, 6.45) is -15.2. The van der Waals surface area contributed by atoms with Gasteiger partial charge in [-0.25, -0.2) is 0 Å². The predicted octanol–water partition coefficient (Wildman–Crippen LogP) is -3.29. The molecule has 7 N–H and O–H groups in total. The minimum absolute atomic E-state index is 0.0868. The molecule has 0 radical (unpaired) electrons. The average molecular weight is 478 g/mol. The summed E-state index contributed by atoms with van der Waals surface area (Å²) in [5, 5.41) is 70.1. The molecule has 0 amide bonds. The summed E-state index contributed by atoms with van der Waals surface area (Å²) in [5.41, 5.74) is 0. The highest BCUT2D eigenvalue weighted by Gasteiger charge is 2.48. The van der Waals surface area contributed by atoms with Gasteiger partial charge in [0.25, 0.3) is 0 Å². The molecule has 13 heteroatoms. The van der Waals surface area contributed by atoms with E-state index in [9.17, 15) is 35.7 Å². The monoisotopic (exact) mass is 478 g/mol. The Kier molecular flexibility index (Phi) is 8.69. The van der Waals surface area contributed by atoms with Crippen LogP contribution >= 0.6 is 0 Å². The largest absolute Gasteiger partial charge is 0.493 e. The average Bonchev–Trinajstić information content (AvgIpc) is 2.83. The Hall–Kier alpha value is -1.78. The van der Waals surface area contributed by atoms with Crippen molar-refractivity contribution in [3.8, 4) is 17.2 Å². The van der Waals surface area contributed by atoms with E-state index in [1.54, 1.807) is 18.2 Å². The summed E-state index contributed by atoms with van der Waals surface area (Å²) in [6, 6.07) is 4.81. The first kappa shape index (κ1) is 25.8. The van der Waals surface area contributed by atoms with Crippen molar-refractivity contribution >= 4 is 0 Å². The standard InChI is InChI=1S/C20H30O13/c1-28-8-4-3-5-9(29-2)18(8)33-20-17(27)15(25)13(23)11(32-20)7-30-19-16(26)14(24)12(22)10(6-21)31-19/h3-5,10-17,19-27H,6-7H2,1-2H3/t10-,11-,12-,13-,14+,15+,16-,17-,19-,20+/m1/s1. The van der Waals surface area contributed by atoms with E-state index in [4.69, 9.17) is 28.4 Å². The molecule has 33 heavy (non-hydrogen) atoms. The predicted molar refractivity (Wildman–Crippen MR) is 107 cm³/mol. The van der Waals surface area contributed by atoms with E-state index in [2.05, 4.69) is 0 Å². The summed E-state index contributed by atoms with van der Waals surface area (Å²) < 4.78 is 32.4. The number of aliphatic hydroxyl groups is 7. The molecule has 13 nitrogen and oxygen atoms in total. The minimum Gasteiger partial charge on any atom is -0.493 e. The Balaban J connectivity index is 1.71. The fraction of sp³-hybridized carbons (Fsp3) is 0.700. The van der Waals surface area contributed by atoms with Crippen LogP contribution in [0.4, 0.5) is 0 Å². The molecule has 0 aromatic heterocycles.